The zero-order valence-electron chi connectivity index (χ0n) is 9.32. The predicted octanol–water partition coefficient (Wildman–Crippen LogP) is 2.21. The molecule has 1 aromatic heterocycles. The van der Waals surface area contributed by atoms with E-state index in [-0.39, 0.29) is 6.17 Å². The second-order valence-corrected chi connectivity index (χ2v) is 3.84. The van der Waals surface area contributed by atoms with Gasteiger partial charge in [0.2, 0.25) is 0 Å². The number of furan rings is 1. The van der Waals surface area contributed by atoms with Gasteiger partial charge in [0.25, 0.3) is 0 Å². The Morgan fingerprint density at radius 2 is 2.00 bits per heavy atom. The summed E-state index contributed by atoms with van der Waals surface area (Å²) in [6.45, 7) is 0. The lowest BCUT2D eigenvalue weighted by molar-refractivity contribution is 0.264. The molecule has 0 saturated carbocycles. The number of para-hydroxylation sites is 1. The fourth-order valence-corrected chi connectivity index (χ4v) is 1.90. The Kier molecular flexibility index (Phi) is 2.75. The summed E-state index contributed by atoms with van der Waals surface area (Å²) in [5.41, 5.74) is 2.12. The molecule has 1 unspecified atom stereocenters. The standard InChI is InChI=1S/C12H16N2O/c1-13-12(14(2)3)10-8-15-11-7-5-4-6-9(10)11/h4-8,12-13H,1-3H3. The van der Waals surface area contributed by atoms with E-state index in [1.807, 2.05) is 45.6 Å². The van der Waals surface area contributed by atoms with Crippen LogP contribution in [-0.4, -0.2) is 26.0 Å². The van der Waals surface area contributed by atoms with Gasteiger partial charge in [0.1, 0.15) is 5.58 Å². The molecule has 0 fully saturated rings. The van der Waals surface area contributed by atoms with E-state index >= 15 is 0 Å². The maximum absolute atomic E-state index is 5.52. The van der Waals surface area contributed by atoms with Crippen LogP contribution < -0.4 is 5.32 Å². The van der Waals surface area contributed by atoms with Gasteiger partial charge < -0.3 is 9.73 Å². The lowest BCUT2D eigenvalue weighted by Gasteiger charge is -2.22. The first-order valence-electron chi connectivity index (χ1n) is 5.04. The Labute approximate surface area is 89.7 Å². The van der Waals surface area contributed by atoms with Crippen LogP contribution in [0, 0.1) is 0 Å². The second kappa shape index (κ2) is 4.04. The van der Waals surface area contributed by atoms with E-state index in [1.165, 1.54) is 10.9 Å². The lowest BCUT2D eigenvalue weighted by atomic mass is 10.1. The summed E-state index contributed by atoms with van der Waals surface area (Å²) in [4.78, 5) is 2.12. The maximum atomic E-state index is 5.52. The second-order valence-electron chi connectivity index (χ2n) is 3.84. The number of nitrogens with one attached hydrogen (secondary N) is 1. The molecule has 2 aromatic rings. The Morgan fingerprint density at radius 3 is 2.67 bits per heavy atom. The van der Waals surface area contributed by atoms with Crippen molar-refractivity contribution >= 4 is 11.0 Å². The third kappa shape index (κ3) is 1.76. The van der Waals surface area contributed by atoms with Crippen molar-refractivity contribution in [1.82, 2.24) is 10.2 Å². The van der Waals surface area contributed by atoms with Crippen molar-refractivity contribution in [3.63, 3.8) is 0 Å². The van der Waals surface area contributed by atoms with Gasteiger partial charge in [-0.2, -0.15) is 0 Å². The molecular weight excluding hydrogens is 188 g/mol. The van der Waals surface area contributed by atoms with Gasteiger partial charge in [-0.3, -0.25) is 4.90 Å². The molecule has 3 heteroatoms. The Morgan fingerprint density at radius 1 is 1.27 bits per heavy atom. The lowest BCUT2D eigenvalue weighted by Crippen LogP contribution is -2.30. The number of hydrogen-bond acceptors (Lipinski definition) is 3. The summed E-state index contributed by atoms with van der Waals surface area (Å²) in [6.07, 6.45) is 2.01. The summed E-state index contributed by atoms with van der Waals surface area (Å²) >= 11 is 0. The molecule has 80 valence electrons. The first-order valence-corrected chi connectivity index (χ1v) is 5.04. The molecule has 1 N–H and O–H groups in total. The van der Waals surface area contributed by atoms with Crippen molar-refractivity contribution in [2.24, 2.45) is 0 Å². The average Bonchev–Trinajstić information content (AvgIpc) is 2.63. The molecule has 0 radical (unpaired) electrons. The summed E-state index contributed by atoms with van der Waals surface area (Å²) in [7, 11) is 6.04. The van der Waals surface area contributed by atoms with Crippen LogP contribution >= 0.6 is 0 Å². The Balaban J connectivity index is 2.51. The minimum atomic E-state index is 0.189. The van der Waals surface area contributed by atoms with Crippen molar-refractivity contribution in [3.05, 3.63) is 36.1 Å². The molecular formula is C12H16N2O. The van der Waals surface area contributed by atoms with Gasteiger partial charge in [0.15, 0.2) is 0 Å². The number of hydrogen-bond donors (Lipinski definition) is 1. The molecule has 0 bridgehead atoms. The summed E-state index contributed by atoms with van der Waals surface area (Å²) in [5, 5.41) is 4.43. The molecule has 2 rings (SSSR count). The van der Waals surface area contributed by atoms with E-state index in [0.29, 0.717) is 0 Å². The third-order valence-electron chi connectivity index (χ3n) is 2.60. The van der Waals surface area contributed by atoms with E-state index in [9.17, 15) is 0 Å². The van der Waals surface area contributed by atoms with Gasteiger partial charge in [0.05, 0.1) is 12.4 Å². The highest BCUT2D eigenvalue weighted by atomic mass is 16.3. The molecule has 1 aromatic carbocycles. The van der Waals surface area contributed by atoms with Crippen LogP contribution in [0.1, 0.15) is 11.7 Å². The fourth-order valence-electron chi connectivity index (χ4n) is 1.90. The smallest absolute Gasteiger partial charge is 0.134 e. The van der Waals surface area contributed by atoms with Gasteiger partial charge in [-0.1, -0.05) is 18.2 Å². The van der Waals surface area contributed by atoms with Crippen molar-refractivity contribution in [3.8, 4) is 0 Å². The summed E-state index contributed by atoms with van der Waals surface area (Å²) in [6, 6.07) is 8.09. The molecule has 0 aliphatic heterocycles. The molecule has 0 amide bonds. The number of benzene rings is 1. The van der Waals surface area contributed by atoms with E-state index in [1.54, 1.807) is 0 Å². The van der Waals surface area contributed by atoms with Crippen LogP contribution in [-0.2, 0) is 0 Å². The first-order chi connectivity index (χ1) is 7.24. The normalized spacial score (nSPS) is 13.6. The van der Waals surface area contributed by atoms with Crippen LogP contribution in [0.5, 0.6) is 0 Å². The van der Waals surface area contributed by atoms with E-state index in [2.05, 4.69) is 16.3 Å². The molecule has 0 aliphatic carbocycles. The van der Waals surface area contributed by atoms with Crippen LogP contribution in [0.15, 0.2) is 34.9 Å². The first kappa shape index (κ1) is 10.2. The van der Waals surface area contributed by atoms with Crippen molar-refractivity contribution < 1.29 is 4.42 Å². The van der Waals surface area contributed by atoms with Gasteiger partial charge >= 0.3 is 0 Å². The highest BCUT2D eigenvalue weighted by molar-refractivity contribution is 5.81. The van der Waals surface area contributed by atoms with Gasteiger partial charge in [-0.05, 0) is 27.2 Å². The minimum Gasteiger partial charge on any atom is -0.464 e. The quantitative estimate of drug-likeness (QED) is 0.777. The van der Waals surface area contributed by atoms with Crippen LogP contribution in [0.4, 0.5) is 0 Å². The summed E-state index contributed by atoms with van der Waals surface area (Å²) in [5.74, 6) is 0. The molecule has 0 aliphatic rings. The van der Waals surface area contributed by atoms with Gasteiger partial charge in [0, 0.05) is 10.9 Å². The predicted molar refractivity (Wildman–Crippen MR) is 61.7 cm³/mol. The zero-order valence-corrected chi connectivity index (χ0v) is 9.32. The van der Waals surface area contributed by atoms with Crippen LogP contribution in [0.2, 0.25) is 0 Å². The van der Waals surface area contributed by atoms with Crippen molar-refractivity contribution in [1.29, 1.82) is 0 Å². The van der Waals surface area contributed by atoms with E-state index in [0.717, 1.165) is 5.58 Å². The van der Waals surface area contributed by atoms with Gasteiger partial charge in [-0.25, -0.2) is 0 Å². The highest BCUT2D eigenvalue weighted by Crippen LogP contribution is 2.26. The highest BCUT2D eigenvalue weighted by Gasteiger charge is 2.16. The van der Waals surface area contributed by atoms with Gasteiger partial charge in [-0.15, -0.1) is 0 Å². The van der Waals surface area contributed by atoms with Crippen LogP contribution in [0.3, 0.4) is 0 Å². The average molecular weight is 204 g/mol. The topological polar surface area (TPSA) is 28.4 Å². The van der Waals surface area contributed by atoms with E-state index < -0.39 is 0 Å². The van der Waals surface area contributed by atoms with E-state index in [4.69, 9.17) is 4.42 Å². The molecule has 0 spiro atoms. The Hall–Kier alpha value is -1.32. The maximum Gasteiger partial charge on any atom is 0.134 e. The van der Waals surface area contributed by atoms with Crippen molar-refractivity contribution in [2.75, 3.05) is 21.1 Å². The fraction of sp³-hybridized carbons (Fsp3) is 0.333. The monoisotopic (exact) mass is 204 g/mol. The number of fused-ring (bicyclic) bond motifs is 1. The minimum absolute atomic E-state index is 0.189. The van der Waals surface area contributed by atoms with Crippen molar-refractivity contribution in [2.45, 2.75) is 6.17 Å². The zero-order chi connectivity index (χ0) is 10.8. The molecule has 15 heavy (non-hydrogen) atoms. The van der Waals surface area contributed by atoms with Crippen LogP contribution in [0.25, 0.3) is 11.0 Å². The largest absolute Gasteiger partial charge is 0.464 e. The molecule has 1 atom stereocenters. The Bertz CT molecular complexity index is 448. The SMILES string of the molecule is CNC(c1coc2ccccc12)N(C)C. The molecule has 3 nitrogen and oxygen atoms in total. The molecule has 1 heterocycles. The number of nitrogens with zero attached hydrogens (tertiary/aromatic N) is 1. The summed E-state index contributed by atoms with van der Waals surface area (Å²) < 4.78 is 5.52. The third-order valence-corrected chi connectivity index (χ3v) is 2.60. The molecule has 0 saturated heterocycles. The number of rotatable bonds is 3.